The van der Waals surface area contributed by atoms with E-state index in [1.165, 1.54) is 17.3 Å². The van der Waals surface area contributed by atoms with Gasteiger partial charge in [0.05, 0.1) is 16.5 Å². The van der Waals surface area contributed by atoms with E-state index >= 15 is 0 Å². The minimum absolute atomic E-state index is 0.136. The van der Waals surface area contributed by atoms with Gasteiger partial charge in [-0.25, -0.2) is 0 Å². The molecule has 29 heavy (non-hydrogen) atoms. The summed E-state index contributed by atoms with van der Waals surface area (Å²) in [5, 5.41) is 5.55. The molecule has 0 heterocycles. The summed E-state index contributed by atoms with van der Waals surface area (Å²) in [6.45, 7) is 2.39. The summed E-state index contributed by atoms with van der Waals surface area (Å²) >= 11 is 1.48. The van der Waals surface area contributed by atoms with Crippen molar-refractivity contribution in [1.82, 2.24) is 5.32 Å². The maximum atomic E-state index is 12.6. The van der Waals surface area contributed by atoms with Gasteiger partial charge in [0.15, 0.2) is 0 Å². The highest BCUT2D eigenvalue weighted by atomic mass is 32.2. The van der Waals surface area contributed by atoms with E-state index in [4.69, 9.17) is 0 Å². The molecule has 2 N–H and O–H groups in total. The van der Waals surface area contributed by atoms with E-state index in [1.807, 2.05) is 73.7 Å². The molecule has 0 aromatic heterocycles. The highest BCUT2D eigenvalue weighted by molar-refractivity contribution is 8.00. The van der Waals surface area contributed by atoms with E-state index in [1.54, 1.807) is 18.2 Å². The molecule has 148 valence electrons. The highest BCUT2D eigenvalue weighted by Gasteiger charge is 2.18. The number of carbonyl (C=O) groups excluding carboxylic acids is 2. The first-order valence-corrected chi connectivity index (χ1v) is 10.4. The summed E-state index contributed by atoms with van der Waals surface area (Å²) in [4.78, 5) is 26.3. The van der Waals surface area contributed by atoms with Crippen LogP contribution in [0.5, 0.6) is 0 Å². The number of nitrogens with one attached hydrogen (secondary N) is 2. The zero-order chi connectivity index (χ0) is 20.5. The lowest BCUT2D eigenvalue weighted by atomic mass is 10.1. The molecule has 0 aliphatic rings. The molecule has 3 aromatic rings. The number of para-hydroxylation sites is 1. The second kappa shape index (κ2) is 10.5. The van der Waals surface area contributed by atoms with E-state index in [0.717, 1.165) is 11.3 Å². The summed E-state index contributed by atoms with van der Waals surface area (Å²) in [7, 11) is 0. The first-order valence-electron chi connectivity index (χ1n) is 9.57. The fraction of sp³-hybridized carbons (Fsp3) is 0.167. The third kappa shape index (κ3) is 6.22. The molecule has 5 heteroatoms. The van der Waals surface area contributed by atoms with Gasteiger partial charge in [0.2, 0.25) is 5.91 Å². The van der Waals surface area contributed by atoms with Gasteiger partial charge in [0, 0.05) is 11.4 Å². The van der Waals surface area contributed by atoms with Crippen molar-refractivity contribution in [2.24, 2.45) is 0 Å². The minimum atomic E-state index is -0.286. The molecule has 0 spiro atoms. The van der Waals surface area contributed by atoms with Gasteiger partial charge < -0.3 is 10.6 Å². The molecule has 3 rings (SSSR count). The van der Waals surface area contributed by atoms with Crippen molar-refractivity contribution < 1.29 is 9.59 Å². The maximum absolute atomic E-state index is 12.6. The number of thioether (sulfide) groups is 1. The molecule has 0 bridgehead atoms. The Morgan fingerprint density at radius 1 is 0.862 bits per heavy atom. The molecule has 0 saturated carbocycles. The van der Waals surface area contributed by atoms with Crippen molar-refractivity contribution in [1.29, 1.82) is 0 Å². The van der Waals surface area contributed by atoms with Gasteiger partial charge in [-0.15, -0.1) is 11.8 Å². The summed E-state index contributed by atoms with van der Waals surface area (Å²) in [5.41, 5.74) is 2.15. The lowest BCUT2D eigenvalue weighted by molar-refractivity contribution is -0.115. The number of benzene rings is 3. The lowest BCUT2D eigenvalue weighted by Gasteiger charge is -2.15. The Balaban J connectivity index is 1.59. The first-order chi connectivity index (χ1) is 14.1. The van der Waals surface area contributed by atoms with Crippen LogP contribution in [0, 0.1) is 0 Å². The topological polar surface area (TPSA) is 58.2 Å². The van der Waals surface area contributed by atoms with Crippen LogP contribution in [0.15, 0.2) is 89.8 Å². The maximum Gasteiger partial charge on any atom is 0.253 e. The molecule has 0 saturated heterocycles. The Morgan fingerprint density at radius 2 is 1.48 bits per heavy atom. The van der Waals surface area contributed by atoms with Crippen molar-refractivity contribution in [3.63, 3.8) is 0 Å². The summed E-state index contributed by atoms with van der Waals surface area (Å²) in [6.07, 6.45) is 0.756. The van der Waals surface area contributed by atoms with Crippen molar-refractivity contribution in [2.75, 3.05) is 11.9 Å². The third-order valence-corrected chi connectivity index (χ3v) is 5.51. The largest absolute Gasteiger partial charge is 0.352 e. The number of hydrogen-bond donors (Lipinski definition) is 2. The molecule has 2 amide bonds. The second-order valence-corrected chi connectivity index (χ2v) is 8.01. The van der Waals surface area contributed by atoms with E-state index in [9.17, 15) is 9.59 Å². The van der Waals surface area contributed by atoms with Gasteiger partial charge in [-0.05, 0) is 43.2 Å². The van der Waals surface area contributed by atoms with Crippen LogP contribution in [-0.2, 0) is 11.2 Å². The molecule has 1 atom stereocenters. The van der Waals surface area contributed by atoms with E-state index < -0.39 is 0 Å². The Morgan fingerprint density at radius 3 is 2.21 bits per heavy atom. The summed E-state index contributed by atoms with van der Waals surface area (Å²) in [5.74, 6) is -0.330. The quantitative estimate of drug-likeness (QED) is 0.531. The molecule has 0 radical (unpaired) electrons. The molecule has 0 fully saturated rings. The Kier molecular flexibility index (Phi) is 7.47. The van der Waals surface area contributed by atoms with Crippen LogP contribution in [0.2, 0.25) is 0 Å². The van der Waals surface area contributed by atoms with E-state index in [-0.39, 0.29) is 17.1 Å². The summed E-state index contributed by atoms with van der Waals surface area (Å²) < 4.78 is 0. The van der Waals surface area contributed by atoms with Crippen LogP contribution in [0.25, 0.3) is 0 Å². The van der Waals surface area contributed by atoms with Crippen LogP contribution in [0.1, 0.15) is 22.8 Å². The molecule has 0 aliphatic heterocycles. The van der Waals surface area contributed by atoms with Crippen LogP contribution in [0.4, 0.5) is 5.69 Å². The van der Waals surface area contributed by atoms with Crippen molar-refractivity contribution in [2.45, 2.75) is 23.5 Å². The fourth-order valence-corrected chi connectivity index (χ4v) is 3.73. The number of amides is 2. The molecule has 0 aliphatic carbocycles. The molecule has 1 unspecified atom stereocenters. The smallest absolute Gasteiger partial charge is 0.253 e. The molecular formula is C24H24N2O2S. The number of hydrogen-bond acceptors (Lipinski definition) is 3. The monoisotopic (exact) mass is 404 g/mol. The van der Waals surface area contributed by atoms with Gasteiger partial charge in [0.25, 0.3) is 5.91 Å². The van der Waals surface area contributed by atoms with Gasteiger partial charge in [-0.2, -0.15) is 0 Å². The van der Waals surface area contributed by atoms with Gasteiger partial charge in [-0.3, -0.25) is 9.59 Å². The van der Waals surface area contributed by atoms with Crippen molar-refractivity contribution in [3.8, 4) is 0 Å². The van der Waals surface area contributed by atoms with Crippen LogP contribution in [0.3, 0.4) is 0 Å². The molecule has 4 nitrogen and oxygen atoms in total. The van der Waals surface area contributed by atoms with Gasteiger partial charge in [0.1, 0.15) is 0 Å². The normalized spacial score (nSPS) is 11.5. The molecular weight excluding hydrogens is 380 g/mol. The number of rotatable bonds is 8. The lowest BCUT2D eigenvalue weighted by Crippen LogP contribution is -2.28. The third-order valence-electron chi connectivity index (χ3n) is 4.40. The van der Waals surface area contributed by atoms with Gasteiger partial charge in [-0.1, -0.05) is 60.7 Å². The Hall–Kier alpha value is -3.05. The predicted molar refractivity (Wildman–Crippen MR) is 119 cm³/mol. The fourth-order valence-electron chi connectivity index (χ4n) is 2.84. The first kappa shape index (κ1) is 20.7. The summed E-state index contributed by atoms with van der Waals surface area (Å²) in [6, 6.07) is 26.9. The van der Waals surface area contributed by atoms with Crippen LogP contribution in [-0.4, -0.2) is 23.6 Å². The second-order valence-electron chi connectivity index (χ2n) is 6.60. The standard InChI is InChI=1S/C24H24N2O2S/c1-18(29-20-12-6-3-7-13-20)23(27)26-22-15-9-8-14-21(22)24(28)25-17-16-19-10-4-2-5-11-19/h2-15,18H,16-17H2,1H3,(H,25,28)(H,26,27). The zero-order valence-corrected chi connectivity index (χ0v) is 17.1. The minimum Gasteiger partial charge on any atom is -0.352 e. The van der Waals surface area contributed by atoms with Crippen LogP contribution >= 0.6 is 11.8 Å². The van der Waals surface area contributed by atoms with E-state index in [0.29, 0.717) is 17.8 Å². The number of carbonyl (C=O) groups is 2. The van der Waals surface area contributed by atoms with Crippen molar-refractivity contribution >= 4 is 29.3 Å². The molecule has 3 aromatic carbocycles. The average Bonchev–Trinajstić information content (AvgIpc) is 2.75. The Labute approximate surface area is 175 Å². The Bertz CT molecular complexity index is 945. The predicted octanol–water partition coefficient (Wildman–Crippen LogP) is 4.78. The highest BCUT2D eigenvalue weighted by Crippen LogP contribution is 2.24. The van der Waals surface area contributed by atoms with Crippen LogP contribution < -0.4 is 10.6 Å². The van der Waals surface area contributed by atoms with Crippen molar-refractivity contribution in [3.05, 3.63) is 96.1 Å². The van der Waals surface area contributed by atoms with E-state index in [2.05, 4.69) is 10.6 Å². The SMILES string of the molecule is CC(Sc1ccccc1)C(=O)Nc1ccccc1C(=O)NCCc1ccccc1. The average molecular weight is 405 g/mol. The van der Waals surface area contributed by atoms with Gasteiger partial charge >= 0.3 is 0 Å². The number of anilines is 1. The zero-order valence-electron chi connectivity index (χ0n) is 16.3.